The van der Waals surface area contributed by atoms with E-state index in [9.17, 15) is 13.6 Å². The van der Waals surface area contributed by atoms with E-state index >= 15 is 0 Å². The average Bonchev–Trinajstić information content (AvgIpc) is 2.27. The second-order valence-electron chi connectivity index (χ2n) is 4.83. The summed E-state index contributed by atoms with van der Waals surface area (Å²) in [6, 6.07) is 5.00. The Morgan fingerprint density at radius 2 is 2.05 bits per heavy atom. The monoisotopic (exact) mass is 381 g/mol. The van der Waals surface area contributed by atoms with Gasteiger partial charge in [-0.25, -0.2) is 8.78 Å². The van der Waals surface area contributed by atoms with Crippen LogP contribution in [0.1, 0.15) is 24.2 Å². The lowest BCUT2D eigenvalue weighted by Gasteiger charge is -2.38. The van der Waals surface area contributed by atoms with Crippen molar-refractivity contribution in [1.82, 2.24) is 4.90 Å². The third-order valence-electron chi connectivity index (χ3n) is 2.67. The Balaban J connectivity index is 2.15. The minimum absolute atomic E-state index is 0.00721. The molecule has 0 saturated carbocycles. The highest BCUT2D eigenvalue weighted by Gasteiger charge is 2.46. The number of benzene rings is 1. The Bertz CT molecular complexity index is 497. The van der Waals surface area contributed by atoms with Crippen molar-refractivity contribution < 1.29 is 18.3 Å². The highest BCUT2D eigenvalue weighted by molar-refractivity contribution is 14.1. The van der Waals surface area contributed by atoms with Gasteiger partial charge in [0.25, 0.3) is 11.8 Å². The van der Waals surface area contributed by atoms with Crippen molar-refractivity contribution in [2.24, 2.45) is 0 Å². The molecule has 1 aromatic carbocycles. The van der Waals surface area contributed by atoms with Gasteiger partial charge in [0.15, 0.2) is 0 Å². The van der Waals surface area contributed by atoms with E-state index in [1.807, 2.05) is 13.8 Å². The van der Waals surface area contributed by atoms with Gasteiger partial charge in [0, 0.05) is 5.56 Å². The van der Waals surface area contributed by atoms with Crippen LogP contribution in [0.2, 0.25) is 0 Å². The summed E-state index contributed by atoms with van der Waals surface area (Å²) in [5.74, 6) is -2.51. The lowest BCUT2D eigenvalue weighted by atomic mass is 10.1. The van der Waals surface area contributed by atoms with E-state index in [4.69, 9.17) is 4.74 Å². The number of halogens is 3. The maximum absolute atomic E-state index is 12.8. The molecule has 1 aliphatic heterocycles. The van der Waals surface area contributed by atoms with E-state index < -0.39 is 19.0 Å². The van der Waals surface area contributed by atoms with Gasteiger partial charge in [-0.3, -0.25) is 4.79 Å². The van der Waals surface area contributed by atoms with Crippen molar-refractivity contribution in [3.63, 3.8) is 0 Å². The van der Waals surface area contributed by atoms with E-state index in [1.165, 1.54) is 0 Å². The second-order valence-corrected chi connectivity index (χ2v) is 5.99. The highest BCUT2D eigenvalue weighted by Crippen LogP contribution is 2.30. The molecule has 2 rings (SSSR count). The average molecular weight is 381 g/mol. The van der Waals surface area contributed by atoms with E-state index in [0.29, 0.717) is 11.3 Å². The number of carbonyl (C=O) groups excluding carboxylic acids is 1. The summed E-state index contributed by atoms with van der Waals surface area (Å²) < 4.78 is 32.0. The molecule has 0 aliphatic carbocycles. The van der Waals surface area contributed by atoms with Crippen molar-refractivity contribution in [2.75, 3.05) is 13.1 Å². The molecule has 0 bridgehead atoms. The zero-order chi connectivity index (χ0) is 14.2. The number of carbonyl (C=O) groups is 1. The molecule has 104 valence electrons. The fourth-order valence-electron chi connectivity index (χ4n) is 1.82. The molecule has 0 aromatic heterocycles. The summed E-state index contributed by atoms with van der Waals surface area (Å²) in [5.41, 5.74) is 0.381. The quantitative estimate of drug-likeness (QED) is 0.753. The van der Waals surface area contributed by atoms with E-state index in [1.54, 1.807) is 18.2 Å². The molecule has 1 saturated heterocycles. The van der Waals surface area contributed by atoms with Gasteiger partial charge in [-0.05, 0) is 54.6 Å². The lowest BCUT2D eigenvalue weighted by molar-refractivity contribution is -0.113. The number of alkyl halides is 2. The first-order valence-corrected chi connectivity index (χ1v) is 7.00. The molecule has 1 heterocycles. The molecular formula is C13H14F2INO2. The van der Waals surface area contributed by atoms with E-state index in [-0.39, 0.29) is 12.0 Å². The molecule has 1 amide bonds. The third kappa shape index (κ3) is 3.34. The second kappa shape index (κ2) is 5.22. The molecule has 1 aromatic rings. The summed E-state index contributed by atoms with van der Waals surface area (Å²) in [7, 11) is 0. The van der Waals surface area contributed by atoms with Gasteiger partial charge in [0.1, 0.15) is 5.75 Å². The lowest BCUT2D eigenvalue weighted by Crippen LogP contribution is -2.58. The molecule has 6 heteroatoms. The van der Waals surface area contributed by atoms with Crippen LogP contribution in [0.25, 0.3) is 0 Å². The summed E-state index contributed by atoms with van der Waals surface area (Å²) >= 11 is 2.11. The maximum atomic E-state index is 12.8. The van der Waals surface area contributed by atoms with Crippen molar-refractivity contribution in [3.8, 4) is 5.75 Å². The molecule has 0 N–H and O–H groups in total. The van der Waals surface area contributed by atoms with Gasteiger partial charge < -0.3 is 9.64 Å². The van der Waals surface area contributed by atoms with Crippen molar-refractivity contribution >= 4 is 28.5 Å². The summed E-state index contributed by atoms with van der Waals surface area (Å²) in [6.45, 7) is 2.78. The summed E-state index contributed by atoms with van der Waals surface area (Å²) in [6.07, 6.45) is -0.00721. The number of nitrogens with zero attached hydrogens (tertiary/aromatic N) is 1. The van der Waals surface area contributed by atoms with Crippen LogP contribution in [0.5, 0.6) is 5.75 Å². The first kappa shape index (κ1) is 14.5. The summed E-state index contributed by atoms with van der Waals surface area (Å²) in [4.78, 5) is 13.1. The van der Waals surface area contributed by atoms with Crippen LogP contribution >= 0.6 is 22.6 Å². The van der Waals surface area contributed by atoms with Gasteiger partial charge in [0.05, 0.1) is 22.8 Å². The van der Waals surface area contributed by atoms with Crippen LogP contribution in [0.4, 0.5) is 8.78 Å². The largest absolute Gasteiger partial charge is 0.490 e. The Hall–Kier alpha value is -0.920. The van der Waals surface area contributed by atoms with Crippen molar-refractivity contribution in [3.05, 3.63) is 27.3 Å². The van der Waals surface area contributed by atoms with E-state index in [0.717, 1.165) is 8.47 Å². The van der Waals surface area contributed by atoms with Gasteiger partial charge in [0.2, 0.25) is 0 Å². The fraction of sp³-hybridized carbons (Fsp3) is 0.462. The van der Waals surface area contributed by atoms with Crippen LogP contribution < -0.4 is 4.74 Å². The molecule has 1 fully saturated rings. The standard InChI is InChI=1S/C13H14F2INO2/c1-8(2)19-11-5-9(3-4-10(11)16)12(18)17-6-13(14,15)7-17/h3-5,8H,6-7H2,1-2H3. The Morgan fingerprint density at radius 1 is 1.42 bits per heavy atom. The normalized spacial score (nSPS) is 17.3. The molecule has 1 aliphatic rings. The first-order valence-electron chi connectivity index (χ1n) is 5.92. The van der Waals surface area contributed by atoms with Crippen LogP contribution in [0, 0.1) is 3.57 Å². The minimum Gasteiger partial charge on any atom is -0.490 e. The number of likely N-dealkylation sites (tertiary alicyclic amines) is 1. The number of rotatable bonds is 3. The molecule has 0 radical (unpaired) electrons. The topological polar surface area (TPSA) is 29.5 Å². The fourth-order valence-corrected chi connectivity index (χ4v) is 2.28. The highest BCUT2D eigenvalue weighted by atomic mass is 127. The molecule has 19 heavy (non-hydrogen) atoms. The van der Waals surface area contributed by atoms with Crippen LogP contribution in [0.3, 0.4) is 0 Å². The van der Waals surface area contributed by atoms with Crippen molar-refractivity contribution in [1.29, 1.82) is 0 Å². The molecule has 0 spiro atoms. The number of hydrogen-bond acceptors (Lipinski definition) is 2. The van der Waals surface area contributed by atoms with Crippen LogP contribution in [-0.4, -0.2) is 35.9 Å². The van der Waals surface area contributed by atoms with Gasteiger partial charge in [-0.1, -0.05) is 0 Å². The predicted molar refractivity (Wildman–Crippen MR) is 75.8 cm³/mol. The molecule has 0 atom stereocenters. The molecule has 0 unspecified atom stereocenters. The van der Waals surface area contributed by atoms with Gasteiger partial charge in [-0.15, -0.1) is 0 Å². The number of ether oxygens (including phenoxy) is 1. The Labute approximate surface area is 124 Å². The Kier molecular flexibility index (Phi) is 3.98. The van der Waals surface area contributed by atoms with E-state index in [2.05, 4.69) is 22.6 Å². The van der Waals surface area contributed by atoms with Crippen molar-refractivity contribution in [2.45, 2.75) is 25.9 Å². The zero-order valence-electron chi connectivity index (χ0n) is 10.6. The Morgan fingerprint density at radius 3 is 2.58 bits per heavy atom. The summed E-state index contributed by atoms with van der Waals surface area (Å²) in [5, 5.41) is 0. The van der Waals surface area contributed by atoms with Gasteiger partial charge in [-0.2, -0.15) is 0 Å². The van der Waals surface area contributed by atoms with Gasteiger partial charge >= 0.3 is 0 Å². The SMILES string of the molecule is CC(C)Oc1cc(C(=O)N2CC(F)(F)C2)ccc1I. The van der Waals surface area contributed by atoms with Crippen LogP contribution in [0.15, 0.2) is 18.2 Å². The smallest absolute Gasteiger partial charge is 0.282 e. The van der Waals surface area contributed by atoms with Crippen LogP contribution in [-0.2, 0) is 0 Å². The molecular weight excluding hydrogens is 367 g/mol. The number of hydrogen-bond donors (Lipinski definition) is 0. The maximum Gasteiger partial charge on any atom is 0.282 e. The predicted octanol–water partition coefficient (Wildman–Crippen LogP) is 3.17. The number of amides is 1. The minimum atomic E-state index is -2.74. The molecule has 3 nitrogen and oxygen atoms in total. The first-order chi connectivity index (χ1) is 8.78. The third-order valence-corrected chi connectivity index (χ3v) is 3.56. The zero-order valence-corrected chi connectivity index (χ0v) is 12.8.